The Bertz CT molecular complexity index is 1080. The Balaban J connectivity index is 1.43. The van der Waals surface area contributed by atoms with Crippen LogP contribution in [-0.4, -0.2) is 18.7 Å². The highest BCUT2D eigenvalue weighted by Crippen LogP contribution is 2.35. The molecule has 4 heteroatoms. The topological polar surface area (TPSA) is 31.4 Å². The third-order valence-corrected chi connectivity index (χ3v) is 5.73. The summed E-state index contributed by atoms with van der Waals surface area (Å²) in [5.41, 5.74) is 2.29. The first-order valence-electron chi connectivity index (χ1n) is 9.69. The first-order valence-corrected chi connectivity index (χ1v) is 10.5. The summed E-state index contributed by atoms with van der Waals surface area (Å²) >= 11 is 1.71. The van der Waals surface area contributed by atoms with Crippen molar-refractivity contribution in [2.75, 3.05) is 13.7 Å². The minimum atomic E-state index is 0.693. The summed E-state index contributed by atoms with van der Waals surface area (Å²) in [5, 5.41) is 1.12. The van der Waals surface area contributed by atoms with Crippen LogP contribution in [0.1, 0.15) is 12.0 Å². The Morgan fingerprint density at radius 2 is 1.76 bits per heavy atom. The molecule has 146 valence electrons. The third-order valence-electron chi connectivity index (χ3n) is 4.66. The van der Waals surface area contributed by atoms with Crippen molar-refractivity contribution in [1.29, 1.82) is 0 Å². The first kappa shape index (κ1) is 19.3. The van der Waals surface area contributed by atoms with E-state index in [9.17, 15) is 0 Å². The van der Waals surface area contributed by atoms with Gasteiger partial charge in [-0.25, -0.2) is 0 Å². The molecule has 0 radical (unpaired) electrons. The fourth-order valence-electron chi connectivity index (χ4n) is 3.18. The summed E-state index contributed by atoms with van der Waals surface area (Å²) in [6.45, 7) is 0.693. The first-order chi connectivity index (χ1) is 14.3. The number of benzene rings is 3. The summed E-state index contributed by atoms with van der Waals surface area (Å²) in [6, 6.07) is 26.8. The zero-order valence-electron chi connectivity index (χ0n) is 16.4. The smallest absolute Gasteiger partial charge is 0.121 e. The molecule has 0 aliphatic heterocycles. The number of methoxy groups -OCH3 is 1. The average Bonchev–Trinajstić information content (AvgIpc) is 2.78. The molecule has 29 heavy (non-hydrogen) atoms. The molecule has 0 N–H and O–H groups in total. The highest BCUT2D eigenvalue weighted by Gasteiger charge is 2.07. The van der Waals surface area contributed by atoms with E-state index < -0.39 is 0 Å². The molecule has 4 rings (SSSR count). The van der Waals surface area contributed by atoms with Crippen LogP contribution in [0.25, 0.3) is 10.9 Å². The molecule has 0 atom stereocenters. The maximum atomic E-state index is 5.96. The van der Waals surface area contributed by atoms with Crippen LogP contribution >= 0.6 is 11.8 Å². The van der Waals surface area contributed by atoms with E-state index in [2.05, 4.69) is 41.4 Å². The molecule has 0 unspecified atom stereocenters. The van der Waals surface area contributed by atoms with Crippen LogP contribution in [-0.2, 0) is 6.42 Å². The van der Waals surface area contributed by atoms with E-state index in [1.54, 1.807) is 18.9 Å². The molecule has 3 aromatic carbocycles. The normalized spacial score (nSPS) is 10.8. The monoisotopic (exact) mass is 401 g/mol. The van der Waals surface area contributed by atoms with Crippen LogP contribution in [0.15, 0.2) is 94.9 Å². The number of pyridine rings is 1. The van der Waals surface area contributed by atoms with Crippen molar-refractivity contribution in [3.63, 3.8) is 0 Å². The van der Waals surface area contributed by atoms with Crippen LogP contribution in [0.2, 0.25) is 0 Å². The Kier molecular flexibility index (Phi) is 6.32. The van der Waals surface area contributed by atoms with Crippen LogP contribution in [0.4, 0.5) is 0 Å². The van der Waals surface area contributed by atoms with Gasteiger partial charge in [-0.1, -0.05) is 48.2 Å². The van der Waals surface area contributed by atoms with E-state index >= 15 is 0 Å². The van der Waals surface area contributed by atoms with E-state index in [4.69, 9.17) is 9.47 Å². The minimum Gasteiger partial charge on any atom is -0.497 e. The van der Waals surface area contributed by atoms with Crippen molar-refractivity contribution < 1.29 is 9.47 Å². The molecular weight excluding hydrogens is 378 g/mol. The van der Waals surface area contributed by atoms with Gasteiger partial charge in [-0.15, -0.1) is 0 Å². The summed E-state index contributed by atoms with van der Waals surface area (Å²) in [6.07, 6.45) is 3.86. The summed E-state index contributed by atoms with van der Waals surface area (Å²) in [7, 11) is 1.69. The van der Waals surface area contributed by atoms with Crippen LogP contribution in [0.5, 0.6) is 11.5 Å². The third kappa shape index (κ3) is 5.09. The zero-order chi connectivity index (χ0) is 19.9. The van der Waals surface area contributed by atoms with Crippen LogP contribution < -0.4 is 9.47 Å². The lowest BCUT2D eigenvalue weighted by Gasteiger charge is -2.10. The highest BCUT2D eigenvalue weighted by molar-refractivity contribution is 7.99. The molecule has 1 aromatic heterocycles. The summed E-state index contributed by atoms with van der Waals surface area (Å²) < 4.78 is 11.3. The van der Waals surface area contributed by atoms with E-state index in [-0.39, 0.29) is 0 Å². The Labute approximate surface area is 175 Å². The molecule has 3 nitrogen and oxygen atoms in total. The number of nitrogens with zero attached hydrogens (tertiary/aromatic N) is 1. The van der Waals surface area contributed by atoms with Crippen molar-refractivity contribution in [3.8, 4) is 11.5 Å². The van der Waals surface area contributed by atoms with Gasteiger partial charge < -0.3 is 9.47 Å². The SMILES string of the molecule is COc1cccc(Sc2ccnc3cc(OCCCc4ccccc4)ccc23)c1. The van der Waals surface area contributed by atoms with Crippen molar-refractivity contribution in [2.24, 2.45) is 0 Å². The van der Waals surface area contributed by atoms with Gasteiger partial charge in [-0.05, 0) is 54.8 Å². The fourth-order valence-corrected chi connectivity index (χ4v) is 4.17. The van der Waals surface area contributed by atoms with E-state index in [1.807, 2.05) is 48.7 Å². The lowest BCUT2D eigenvalue weighted by molar-refractivity contribution is 0.311. The zero-order valence-corrected chi connectivity index (χ0v) is 17.2. The molecule has 0 amide bonds. The van der Waals surface area contributed by atoms with Gasteiger partial charge in [-0.2, -0.15) is 0 Å². The highest BCUT2D eigenvalue weighted by atomic mass is 32.2. The quantitative estimate of drug-likeness (QED) is 0.319. The second-order valence-electron chi connectivity index (χ2n) is 6.71. The molecule has 0 aliphatic carbocycles. The Morgan fingerprint density at radius 1 is 0.862 bits per heavy atom. The molecule has 0 aliphatic rings. The van der Waals surface area contributed by atoms with Gasteiger partial charge in [0.15, 0.2) is 0 Å². The Hall–Kier alpha value is -2.98. The number of hydrogen-bond acceptors (Lipinski definition) is 4. The summed E-state index contributed by atoms with van der Waals surface area (Å²) in [5.74, 6) is 1.72. The van der Waals surface area contributed by atoms with E-state index in [1.165, 1.54) is 10.5 Å². The second-order valence-corrected chi connectivity index (χ2v) is 7.82. The lowest BCUT2D eigenvalue weighted by Crippen LogP contribution is -1.99. The van der Waals surface area contributed by atoms with Crippen LogP contribution in [0, 0.1) is 0 Å². The standard InChI is InChI=1S/C25H23NO2S/c1-27-20-10-5-11-22(17-20)29-25-14-15-26-24-18-21(12-13-23(24)25)28-16-6-9-19-7-3-2-4-8-19/h2-5,7-8,10-15,17-18H,6,9,16H2,1H3. The van der Waals surface area contributed by atoms with Gasteiger partial charge in [0.1, 0.15) is 11.5 Å². The van der Waals surface area contributed by atoms with Crippen molar-refractivity contribution >= 4 is 22.7 Å². The molecular formula is C25H23NO2S. The number of hydrogen-bond donors (Lipinski definition) is 0. The molecule has 0 fully saturated rings. The minimum absolute atomic E-state index is 0.693. The molecule has 0 saturated heterocycles. The van der Waals surface area contributed by atoms with Gasteiger partial charge in [0.05, 0.1) is 19.2 Å². The van der Waals surface area contributed by atoms with Gasteiger partial charge in [0, 0.05) is 27.4 Å². The lowest BCUT2D eigenvalue weighted by atomic mass is 10.1. The molecule has 1 heterocycles. The van der Waals surface area contributed by atoms with E-state index in [0.29, 0.717) is 6.61 Å². The van der Waals surface area contributed by atoms with Crippen molar-refractivity contribution in [3.05, 3.63) is 90.6 Å². The largest absolute Gasteiger partial charge is 0.497 e. The number of aromatic nitrogens is 1. The molecule has 4 aromatic rings. The van der Waals surface area contributed by atoms with Crippen molar-refractivity contribution in [1.82, 2.24) is 4.98 Å². The Morgan fingerprint density at radius 3 is 2.62 bits per heavy atom. The van der Waals surface area contributed by atoms with Crippen molar-refractivity contribution in [2.45, 2.75) is 22.6 Å². The van der Waals surface area contributed by atoms with Gasteiger partial charge in [0.25, 0.3) is 0 Å². The maximum Gasteiger partial charge on any atom is 0.121 e. The van der Waals surface area contributed by atoms with Gasteiger partial charge >= 0.3 is 0 Å². The maximum absolute atomic E-state index is 5.96. The molecule has 0 spiro atoms. The van der Waals surface area contributed by atoms with Gasteiger partial charge in [-0.3, -0.25) is 4.98 Å². The summed E-state index contributed by atoms with van der Waals surface area (Å²) in [4.78, 5) is 6.84. The average molecular weight is 402 g/mol. The van der Waals surface area contributed by atoms with Crippen LogP contribution in [0.3, 0.4) is 0 Å². The molecule has 0 bridgehead atoms. The number of aryl methyl sites for hydroxylation is 1. The second kappa shape index (κ2) is 9.48. The number of fused-ring (bicyclic) bond motifs is 1. The fraction of sp³-hybridized carbons (Fsp3) is 0.160. The number of rotatable bonds is 8. The van der Waals surface area contributed by atoms with E-state index in [0.717, 1.165) is 40.1 Å². The predicted octanol–water partition coefficient (Wildman–Crippen LogP) is 6.41. The van der Waals surface area contributed by atoms with Gasteiger partial charge in [0.2, 0.25) is 0 Å². The molecule has 0 saturated carbocycles. The predicted molar refractivity (Wildman–Crippen MR) is 119 cm³/mol. The number of ether oxygens (including phenoxy) is 2.